The summed E-state index contributed by atoms with van der Waals surface area (Å²) in [7, 11) is 3.10. The standard InChI is InChI=1S/C21H30N2O4/c1-26-19-7-5-16(6-8-19)14-18-4-3-11-23(18)15-20(24)22-12-9-17(10-13-22)21(25)27-2/h5-8,17-18H,3-4,9-15H2,1-2H3. The van der Waals surface area contributed by atoms with E-state index in [9.17, 15) is 9.59 Å². The molecule has 1 amide bonds. The van der Waals surface area contributed by atoms with Crippen LogP contribution in [0.4, 0.5) is 0 Å². The summed E-state index contributed by atoms with van der Waals surface area (Å²) in [5.41, 5.74) is 1.28. The SMILES string of the molecule is COC(=O)C1CCN(C(=O)CN2CCCC2Cc2ccc(OC)cc2)CC1. The summed E-state index contributed by atoms with van der Waals surface area (Å²) in [6, 6.07) is 8.61. The molecule has 0 N–H and O–H groups in total. The molecule has 1 aromatic carbocycles. The van der Waals surface area contributed by atoms with Crippen LogP contribution in [-0.2, 0) is 20.7 Å². The lowest BCUT2D eigenvalue weighted by Gasteiger charge is -2.33. The Hall–Kier alpha value is -2.08. The Morgan fingerprint density at radius 1 is 1.04 bits per heavy atom. The van der Waals surface area contributed by atoms with Crippen LogP contribution in [0.25, 0.3) is 0 Å². The lowest BCUT2D eigenvalue weighted by molar-refractivity contribution is -0.149. The summed E-state index contributed by atoms with van der Waals surface area (Å²) in [6.07, 6.45) is 4.63. The zero-order valence-corrected chi connectivity index (χ0v) is 16.4. The van der Waals surface area contributed by atoms with Gasteiger partial charge in [-0.15, -0.1) is 0 Å². The molecule has 6 heteroatoms. The van der Waals surface area contributed by atoms with Crippen LogP contribution < -0.4 is 4.74 Å². The first-order valence-corrected chi connectivity index (χ1v) is 9.83. The first kappa shape index (κ1) is 19.7. The maximum Gasteiger partial charge on any atom is 0.308 e. The first-order valence-electron chi connectivity index (χ1n) is 9.83. The molecule has 2 fully saturated rings. The van der Waals surface area contributed by atoms with E-state index in [1.165, 1.54) is 12.7 Å². The zero-order chi connectivity index (χ0) is 19.2. The fourth-order valence-electron chi connectivity index (χ4n) is 4.17. The smallest absolute Gasteiger partial charge is 0.308 e. The zero-order valence-electron chi connectivity index (χ0n) is 16.4. The number of esters is 1. The van der Waals surface area contributed by atoms with E-state index >= 15 is 0 Å². The fraction of sp³-hybridized carbons (Fsp3) is 0.619. The summed E-state index contributed by atoms with van der Waals surface area (Å²) < 4.78 is 10.0. The van der Waals surface area contributed by atoms with Crippen molar-refractivity contribution >= 4 is 11.9 Å². The second kappa shape index (κ2) is 9.22. The third-order valence-corrected chi connectivity index (χ3v) is 5.85. The minimum atomic E-state index is -0.152. The number of carbonyl (C=O) groups is 2. The van der Waals surface area contributed by atoms with Crippen molar-refractivity contribution in [2.75, 3.05) is 40.4 Å². The van der Waals surface area contributed by atoms with Crippen molar-refractivity contribution in [2.24, 2.45) is 5.92 Å². The fourth-order valence-corrected chi connectivity index (χ4v) is 4.17. The van der Waals surface area contributed by atoms with Gasteiger partial charge in [0, 0.05) is 19.1 Å². The van der Waals surface area contributed by atoms with E-state index in [2.05, 4.69) is 17.0 Å². The second-order valence-electron chi connectivity index (χ2n) is 7.50. The van der Waals surface area contributed by atoms with Crippen LogP contribution in [0.15, 0.2) is 24.3 Å². The molecular formula is C21H30N2O4. The van der Waals surface area contributed by atoms with Gasteiger partial charge in [-0.05, 0) is 56.3 Å². The number of nitrogens with zero attached hydrogens (tertiary/aromatic N) is 2. The predicted molar refractivity (Wildman–Crippen MR) is 103 cm³/mol. The molecule has 0 spiro atoms. The molecule has 1 aromatic rings. The highest BCUT2D eigenvalue weighted by Gasteiger charge is 2.31. The molecule has 2 heterocycles. The topological polar surface area (TPSA) is 59.1 Å². The van der Waals surface area contributed by atoms with Crippen molar-refractivity contribution in [1.82, 2.24) is 9.80 Å². The quantitative estimate of drug-likeness (QED) is 0.714. The van der Waals surface area contributed by atoms with Gasteiger partial charge in [0.2, 0.25) is 5.91 Å². The van der Waals surface area contributed by atoms with Gasteiger partial charge in [-0.2, -0.15) is 0 Å². The summed E-state index contributed by atoms with van der Waals surface area (Å²) in [5, 5.41) is 0. The third kappa shape index (κ3) is 5.01. The Labute approximate surface area is 161 Å². The molecule has 1 atom stereocenters. The van der Waals surface area contributed by atoms with E-state index in [1.54, 1.807) is 7.11 Å². The van der Waals surface area contributed by atoms with E-state index in [0.29, 0.717) is 38.5 Å². The highest BCUT2D eigenvalue weighted by atomic mass is 16.5. The Bertz CT molecular complexity index is 638. The molecule has 1 unspecified atom stereocenters. The van der Waals surface area contributed by atoms with Crippen LogP contribution in [0, 0.1) is 5.92 Å². The maximum absolute atomic E-state index is 12.7. The Morgan fingerprint density at radius 2 is 1.74 bits per heavy atom. The van der Waals surface area contributed by atoms with E-state index in [-0.39, 0.29) is 17.8 Å². The van der Waals surface area contributed by atoms with Crippen LogP contribution in [0.2, 0.25) is 0 Å². The van der Waals surface area contributed by atoms with Crippen molar-refractivity contribution in [3.63, 3.8) is 0 Å². The highest BCUT2D eigenvalue weighted by molar-refractivity contribution is 5.79. The molecule has 148 valence electrons. The monoisotopic (exact) mass is 374 g/mol. The predicted octanol–water partition coefficient (Wildman–Crippen LogP) is 2.11. The van der Waals surface area contributed by atoms with Gasteiger partial charge in [-0.1, -0.05) is 12.1 Å². The van der Waals surface area contributed by atoms with Gasteiger partial charge in [-0.3, -0.25) is 14.5 Å². The number of likely N-dealkylation sites (tertiary alicyclic amines) is 2. The number of carbonyl (C=O) groups excluding carboxylic acids is 2. The van der Waals surface area contributed by atoms with Gasteiger partial charge in [0.05, 0.1) is 26.7 Å². The molecule has 0 aromatic heterocycles. The number of ether oxygens (including phenoxy) is 2. The molecule has 0 saturated carbocycles. The minimum Gasteiger partial charge on any atom is -0.497 e. The van der Waals surface area contributed by atoms with Gasteiger partial charge in [0.15, 0.2) is 0 Å². The first-order chi connectivity index (χ1) is 13.1. The molecule has 2 aliphatic rings. The van der Waals surface area contributed by atoms with Gasteiger partial charge < -0.3 is 14.4 Å². The Morgan fingerprint density at radius 3 is 2.37 bits per heavy atom. The van der Waals surface area contributed by atoms with Gasteiger partial charge in [0.1, 0.15) is 5.75 Å². The summed E-state index contributed by atoms with van der Waals surface area (Å²) >= 11 is 0. The molecule has 0 bridgehead atoms. The maximum atomic E-state index is 12.7. The number of hydrogen-bond donors (Lipinski definition) is 0. The number of piperidine rings is 1. The van der Waals surface area contributed by atoms with E-state index in [0.717, 1.165) is 31.6 Å². The third-order valence-electron chi connectivity index (χ3n) is 5.85. The van der Waals surface area contributed by atoms with Gasteiger partial charge in [-0.25, -0.2) is 0 Å². The molecule has 2 aliphatic heterocycles. The Kier molecular flexibility index (Phi) is 6.72. The number of methoxy groups -OCH3 is 2. The number of amides is 1. The van der Waals surface area contributed by atoms with Crippen molar-refractivity contribution in [2.45, 2.75) is 38.1 Å². The van der Waals surface area contributed by atoms with Crippen LogP contribution in [0.3, 0.4) is 0 Å². The van der Waals surface area contributed by atoms with E-state index in [4.69, 9.17) is 9.47 Å². The molecule has 0 aliphatic carbocycles. The molecule has 6 nitrogen and oxygen atoms in total. The molecule has 0 radical (unpaired) electrons. The summed E-state index contributed by atoms with van der Waals surface area (Å²) in [5.74, 6) is 0.836. The van der Waals surface area contributed by atoms with Crippen LogP contribution in [-0.4, -0.2) is 68.1 Å². The summed E-state index contributed by atoms with van der Waals surface area (Å²) in [4.78, 5) is 28.6. The van der Waals surface area contributed by atoms with E-state index in [1.807, 2.05) is 17.0 Å². The minimum absolute atomic E-state index is 0.0614. The largest absolute Gasteiger partial charge is 0.497 e. The number of hydrogen-bond acceptors (Lipinski definition) is 5. The van der Waals surface area contributed by atoms with Crippen LogP contribution >= 0.6 is 0 Å². The lowest BCUT2D eigenvalue weighted by Crippen LogP contribution is -2.46. The molecular weight excluding hydrogens is 344 g/mol. The van der Waals surface area contributed by atoms with Crippen LogP contribution in [0.5, 0.6) is 5.75 Å². The van der Waals surface area contributed by atoms with Crippen LogP contribution in [0.1, 0.15) is 31.2 Å². The lowest BCUT2D eigenvalue weighted by atomic mass is 9.97. The van der Waals surface area contributed by atoms with Gasteiger partial charge in [0.25, 0.3) is 0 Å². The number of benzene rings is 1. The second-order valence-corrected chi connectivity index (χ2v) is 7.50. The molecule has 2 saturated heterocycles. The normalized spacial score (nSPS) is 21.3. The average Bonchev–Trinajstić information content (AvgIpc) is 3.14. The average molecular weight is 374 g/mol. The van der Waals surface area contributed by atoms with Crippen molar-refractivity contribution < 1.29 is 19.1 Å². The van der Waals surface area contributed by atoms with Gasteiger partial charge >= 0.3 is 5.97 Å². The van der Waals surface area contributed by atoms with E-state index < -0.39 is 0 Å². The molecule has 3 rings (SSSR count). The van der Waals surface area contributed by atoms with Crippen molar-refractivity contribution in [1.29, 1.82) is 0 Å². The van der Waals surface area contributed by atoms with Crippen molar-refractivity contribution in [3.8, 4) is 5.75 Å². The number of rotatable bonds is 6. The molecule has 27 heavy (non-hydrogen) atoms. The Balaban J connectivity index is 1.50. The van der Waals surface area contributed by atoms with Crippen molar-refractivity contribution in [3.05, 3.63) is 29.8 Å². The highest BCUT2D eigenvalue weighted by Crippen LogP contribution is 2.23. The summed E-state index contributed by atoms with van der Waals surface area (Å²) in [6.45, 7) is 2.75.